The molecule has 0 saturated carbocycles. The monoisotopic (exact) mass is 288 g/mol. The van der Waals surface area contributed by atoms with Crippen LogP contribution in [0.15, 0.2) is 18.2 Å². The van der Waals surface area contributed by atoms with E-state index in [0.29, 0.717) is 6.04 Å². The lowest BCUT2D eigenvalue weighted by Crippen LogP contribution is -2.13. The van der Waals surface area contributed by atoms with E-state index in [1.807, 2.05) is 6.07 Å². The predicted octanol–water partition coefficient (Wildman–Crippen LogP) is 3.52. The van der Waals surface area contributed by atoms with Gasteiger partial charge < -0.3 is 11.1 Å². The molecule has 0 aliphatic heterocycles. The zero-order valence-electron chi connectivity index (χ0n) is 12.1. The molecule has 0 fully saturated rings. The molecule has 0 radical (unpaired) electrons. The number of anilines is 2. The van der Waals surface area contributed by atoms with Crippen LogP contribution < -0.4 is 11.1 Å². The van der Waals surface area contributed by atoms with Crippen LogP contribution >= 0.6 is 11.5 Å². The molecule has 1 aliphatic carbocycles. The maximum atomic E-state index is 5.84. The summed E-state index contributed by atoms with van der Waals surface area (Å²) in [5.74, 6) is 0.903. The summed E-state index contributed by atoms with van der Waals surface area (Å²) in [4.78, 5) is 4.61. The minimum atomic E-state index is -0.00152. The first kappa shape index (κ1) is 13.4. The molecular formula is C15H20N4S. The van der Waals surface area contributed by atoms with Gasteiger partial charge in [0.05, 0.1) is 6.04 Å². The average molecular weight is 288 g/mol. The number of hydrogen-bond donors (Lipinski definition) is 2. The molecule has 0 spiro atoms. The van der Waals surface area contributed by atoms with Crippen molar-refractivity contribution in [3.05, 3.63) is 35.2 Å². The van der Waals surface area contributed by atoms with E-state index in [1.165, 1.54) is 22.7 Å². The summed E-state index contributed by atoms with van der Waals surface area (Å²) in [5, 5.41) is 4.42. The minimum Gasteiger partial charge on any atom is -0.399 e. The Labute approximate surface area is 123 Å². The van der Waals surface area contributed by atoms with Crippen LogP contribution in [0.25, 0.3) is 0 Å². The molecule has 0 amide bonds. The van der Waals surface area contributed by atoms with Crippen molar-refractivity contribution in [1.29, 1.82) is 0 Å². The SMILES string of the molecule is CC(C)(C)c1nsc(NC2CCc3cc(N)ccc32)n1. The Hall–Kier alpha value is -1.62. The van der Waals surface area contributed by atoms with Crippen molar-refractivity contribution in [3.63, 3.8) is 0 Å². The summed E-state index contributed by atoms with van der Waals surface area (Å²) in [6.07, 6.45) is 2.16. The van der Waals surface area contributed by atoms with Crippen molar-refractivity contribution in [2.24, 2.45) is 0 Å². The van der Waals surface area contributed by atoms with Gasteiger partial charge in [0, 0.05) is 22.6 Å². The van der Waals surface area contributed by atoms with Crippen LogP contribution in [0.3, 0.4) is 0 Å². The Bertz CT molecular complexity index is 627. The molecule has 1 unspecified atom stereocenters. The van der Waals surface area contributed by atoms with Crippen molar-refractivity contribution in [3.8, 4) is 0 Å². The second kappa shape index (κ2) is 4.74. The first-order valence-corrected chi connectivity index (χ1v) is 7.70. The van der Waals surface area contributed by atoms with Gasteiger partial charge in [0.2, 0.25) is 5.13 Å². The highest BCUT2D eigenvalue weighted by Crippen LogP contribution is 2.35. The fourth-order valence-corrected chi connectivity index (χ4v) is 3.33. The van der Waals surface area contributed by atoms with Crippen LogP contribution in [-0.4, -0.2) is 9.36 Å². The highest BCUT2D eigenvalue weighted by atomic mass is 32.1. The second-order valence-corrected chi connectivity index (χ2v) is 7.12. The van der Waals surface area contributed by atoms with Gasteiger partial charge in [-0.25, -0.2) is 4.98 Å². The number of benzene rings is 1. The van der Waals surface area contributed by atoms with E-state index in [0.717, 1.165) is 29.5 Å². The van der Waals surface area contributed by atoms with Crippen LogP contribution in [0.2, 0.25) is 0 Å². The summed E-state index contributed by atoms with van der Waals surface area (Å²) in [6, 6.07) is 6.50. The maximum absolute atomic E-state index is 5.84. The largest absolute Gasteiger partial charge is 0.399 e. The molecule has 20 heavy (non-hydrogen) atoms. The van der Waals surface area contributed by atoms with E-state index >= 15 is 0 Å². The van der Waals surface area contributed by atoms with E-state index < -0.39 is 0 Å². The summed E-state index contributed by atoms with van der Waals surface area (Å²) >= 11 is 1.44. The van der Waals surface area contributed by atoms with Gasteiger partial charge in [-0.05, 0) is 36.1 Å². The molecule has 0 saturated heterocycles. The molecule has 4 nitrogen and oxygen atoms in total. The van der Waals surface area contributed by atoms with Gasteiger partial charge in [0.15, 0.2) is 0 Å². The first-order valence-electron chi connectivity index (χ1n) is 6.92. The first-order chi connectivity index (χ1) is 9.43. The maximum Gasteiger partial charge on any atom is 0.203 e. The van der Waals surface area contributed by atoms with Gasteiger partial charge in [-0.2, -0.15) is 4.37 Å². The zero-order valence-corrected chi connectivity index (χ0v) is 12.9. The molecule has 0 bridgehead atoms. The molecule has 1 heterocycles. The van der Waals surface area contributed by atoms with Gasteiger partial charge in [0.25, 0.3) is 0 Å². The standard InChI is InChI=1S/C15H20N4S/c1-15(2,3)13-18-14(20-19-13)17-12-7-4-9-8-10(16)5-6-11(9)12/h5-6,8,12H,4,7,16H2,1-3H3,(H,17,18,19). The highest BCUT2D eigenvalue weighted by Gasteiger charge is 2.25. The third kappa shape index (κ3) is 2.50. The van der Waals surface area contributed by atoms with E-state index in [4.69, 9.17) is 5.73 Å². The summed E-state index contributed by atoms with van der Waals surface area (Å²) in [6.45, 7) is 6.39. The number of nitrogens with two attached hydrogens (primary N) is 1. The van der Waals surface area contributed by atoms with E-state index in [9.17, 15) is 0 Å². The number of aryl methyl sites for hydroxylation is 1. The summed E-state index contributed by atoms with van der Waals surface area (Å²) in [5.41, 5.74) is 9.37. The third-order valence-corrected chi connectivity index (χ3v) is 4.29. The lowest BCUT2D eigenvalue weighted by molar-refractivity contribution is 0.555. The number of rotatable bonds is 2. The van der Waals surface area contributed by atoms with Crippen LogP contribution in [0, 0.1) is 0 Å². The molecule has 106 valence electrons. The molecule has 3 rings (SSSR count). The van der Waals surface area contributed by atoms with Crippen molar-refractivity contribution in [1.82, 2.24) is 9.36 Å². The number of nitrogens with zero attached hydrogens (tertiary/aromatic N) is 2. The molecular weight excluding hydrogens is 268 g/mol. The van der Waals surface area contributed by atoms with Gasteiger partial charge in [-0.3, -0.25) is 0 Å². The van der Waals surface area contributed by atoms with Crippen molar-refractivity contribution in [2.75, 3.05) is 11.1 Å². The van der Waals surface area contributed by atoms with Gasteiger partial charge in [-0.15, -0.1) is 0 Å². The molecule has 2 aromatic rings. The van der Waals surface area contributed by atoms with Gasteiger partial charge in [-0.1, -0.05) is 26.8 Å². The van der Waals surface area contributed by atoms with E-state index in [1.54, 1.807) is 0 Å². The second-order valence-electron chi connectivity index (χ2n) is 6.37. The van der Waals surface area contributed by atoms with E-state index in [-0.39, 0.29) is 5.41 Å². The Balaban J connectivity index is 1.79. The van der Waals surface area contributed by atoms with Crippen molar-refractivity contribution < 1.29 is 0 Å². The lowest BCUT2D eigenvalue weighted by Gasteiger charge is -2.14. The number of hydrogen-bond acceptors (Lipinski definition) is 5. The van der Waals surface area contributed by atoms with Crippen LogP contribution in [0.4, 0.5) is 10.8 Å². The average Bonchev–Trinajstić information content (AvgIpc) is 2.96. The van der Waals surface area contributed by atoms with Crippen LogP contribution in [0.5, 0.6) is 0 Å². The number of nitrogens with one attached hydrogen (secondary N) is 1. The van der Waals surface area contributed by atoms with Gasteiger partial charge in [0.1, 0.15) is 5.82 Å². The molecule has 1 atom stereocenters. The molecule has 1 aromatic heterocycles. The highest BCUT2D eigenvalue weighted by molar-refractivity contribution is 7.09. The van der Waals surface area contributed by atoms with Crippen molar-refractivity contribution in [2.45, 2.75) is 45.1 Å². The lowest BCUT2D eigenvalue weighted by atomic mass is 9.96. The molecule has 1 aromatic carbocycles. The Morgan fingerprint density at radius 3 is 2.85 bits per heavy atom. The quantitative estimate of drug-likeness (QED) is 0.830. The Morgan fingerprint density at radius 1 is 1.35 bits per heavy atom. The molecule has 5 heteroatoms. The topological polar surface area (TPSA) is 63.8 Å². The smallest absolute Gasteiger partial charge is 0.203 e. The Kier molecular flexibility index (Phi) is 3.17. The summed E-state index contributed by atoms with van der Waals surface area (Å²) in [7, 11) is 0. The number of fused-ring (bicyclic) bond motifs is 1. The van der Waals surface area contributed by atoms with Crippen LogP contribution in [0.1, 0.15) is 50.2 Å². The van der Waals surface area contributed by atoms with Gasteiger partial charge >= 0.3 is 0 Å². The van der Waals surface area contributed by atoms with Crippen molar-refractivity contribution >= 4 is 22.4 Å². The third-order valence-electron chi connectivity index (χ3n) is 3.64. The predicted molar refractivity (Wildman–Crippen MR) is 84.1 cm³/mol. The van der Waals surface area contributed by atoms with E-state index in [2.05, 4.69) is 47.6 Å². The fourth-order valence-electron chi connectivity index (χ4n) is 2.52. The molecule has 3 N–H and O–H groups in total. The summed E-state index contributed by atoms with van der Waals surface area (Å²) < 4.78 is 4.45. The normalized spacial score (nSPS) is 18.1. The molecule has 1 aliphatic rings. The Morgan fingerprint density at radius 2 is 2.15 bits per heavy atom. The fraction of sp³-hybridized carbons (Fsp3) is 0.467. The number of nitrogen functional groups attached to an aromatic ring is 1. The zero-order chi connectivity index (χ0) is 14.3. The number of aromatic nitrogens is 2. The minimum absolute atomic E-state index is 0.00152. The van der Waals surface area contributed by atoms with Crippen LogP contribution in [-0.2, 0) is 11.8 Å².